The molecule has 0 atom stereocenters. The Balaban J connectivity index is 2.98. The van der Waals surface area contributed by atoms with Crippen LogP contribution < -0.4 is 0 Å². The molecule has 1 nitrogen and oxygen atoms in total. The van der Waals surface area contributed by atoms with Crippen LogP contribution in [0.25, 0.3) is 0 Å². The van der Waals surface area contributed by atoms with Gasteiger partial charge in [0.15, 0.2) is 0 Å². The minimum atomic E-state index is 0.885. The minimum Gasteiger partial charge on any atom is -0.299 e. The van der Waals surface area contributed by atoms with E-state index in [-0.39, 0.29) is 0 Å². The number of hydrogen-bond acceptors (Lipinski definition) is 1. The first-order valence-corrected chi connectivity index (χ1v) is 2.47. The van der Waals surface area contributed by atoms with Gasteiger partial charge in [0.1, 0.15) is 0 Å². The SMILES string of the molecule is [CH2]N(CC)CC=C. The lowest BCUT2D eigenvalue weighted by molar-refractivity contribution is 0.434. The van der Waals surface area contributed by atoms with E-state index in [1.165, 1.54) is 0 Å². The molecule has 0 fully saturated rings. The van der Waals surface area contributed by atoms with Crippen LogP contribution in [0.1, 0.15) is 6.92 Å². The lowest BCUT2D eigenvalue weighted by Crippen LogP contribution is -2.13. The van der Waals surface area contributed by atoms with E-state index in [0.29, 0.717) is 0 Å². The average Bonchev–Trinajstić information content (AvgIpc) is 1.68. The number of likely N-dealkylation sites (N-methyl/N-ethyl adjacent to an activating group) is 1. The molecular weight excluding hydrogens is 86.1 g/mol. The summed E-state index contributed by atoms with van der Waals surface area (Å²) in [5, 5.41) is 0. The predicted molar refractivity (Wildman–Crippen MR) is 32.8 cm³/mol. The van der Waals surface area contributed by atoms with Crippen molar-refractivity contribution in [3.05, 3.63) is 19.7 Å². The second-order valence-electron chi connectivity index (χ2n) is 1.46. The van der Waals surface area contributed by atoms with Crippen LogP contribution in [0, 0.1) is 7.05 Å². The van der Waals surface area contributed by atoms with Gasteiger partial charge in [0, 0.05) is 13.6 Å². The maximum Gasteiger partial charge on any atom is 0.0161 e. The van der Waals surface area contributed by atoms with Crippen molar-refractivity contribution in [1.29, 1.82) is 0 Å². The van der Waals surface area contributed by atoms with Gasteiger partial charge in [-0.2, -0.15) is 0 Å². The van der Waals surface area contributed by atoms with E-state index in [4.69, 9.17) is 0 Å². The second kappa shape index (κ2) is 3.88. The highest BCUT2D eigenvalue weighted by molar-refractivity contribution is 4.71. The summed E-state index contributed by atoms with van der Waals surface area (Å²) in [5.74, 6) is 0. The average molecular weight is 98.2 g/mol. The maximum atomic E-state index is 3.71. The van der Waals surface area contributed by atoms with Gasteiger partial charge in [-0.1, -0.05) is 13.0 Å². The standard InChI is InChI=1S/C6H12N/c1-4-6-7(3)5-2/h4H,1,3,5-6H2,2H3. The fourth-order valence-corrected chi connectivity index (χ4v) is 0.312. The number of nitrogens with zero attached hydrogens (tertiary/aromatic N) is 1. The van der Waals surface area contributed by atoms with Crippen molar-refractivity contribution in [3.8, 4) is 0 Å². The molecule has 1 heteroatoms. The highest BCUT2D eigenvalue weighted by Crippen LogP contribution is 1.79. The summed E-state index contributed by atoms with van der Waals surface area (Å²) in [6.45, 7) is 7.51. The predicted octanol–water partition coefficient (Wildman–Crippen LogP) is 1.29. The molecule has 0 aliphatic heterocycles. The van der Waals surface area contributed by atoms with Crippen molar-refractivity contribution in [2.24, 2.45) is 0 Å². The third-order valence-corrected chi connectivity index (χ3v) is 0.835. The Morgan fingerprint density at radius 1 is 1.71 bits per heavy atom. The van der Waals surface area contributed by atoms with E-state index in [9.17, 15) is 0 Å². The normalized spacial score (nSPS) is 9.57. The van der Waals surface area contributed by atoms with Crippen LogP contribution >= 0.6 is 0 Å². The van der Waals surface area contributed by atoms with Crippen LogP contribution in [-0.4, -0.2) is 18.0 Å². The highest BCUT2D eigenvalue weighted by atomic mass is 15.1. The first-order valence-electron chi connectivity index (χ1n) is 2.47. The molecule has 0 aromatic heterocycles. The van der Waals surface area contributed by atoms with E-state index in [1.807, 2.05) is 11.0 Å². The van der Waals surface area contributed by atoms with Crippen molar-refractivity contribution < 1.29 is 0 Å². The third kappa shape index (κ3) is 3.53. The Morgan fingerprint density at radius 2 is 2.29 bits per heavy atom. The fraction of sp³-hybridized carbons (Fsp3) is 0.500. The van der Waals surface area contributed by atoms with Gasteiger partial charge in [0.2, 0.25) is 0 Å². The summed E-state index contributed by atoms with van der Waals surface area (Å²) in [6, 6.07) is 0. The second-order valence-corrected chi connectivity index (χ2v) is 1.46. The van der Waals surface area contributed by atoms with E-state index >= 15 is 0 Å². The molecule has 0 aliphatic carbocycles. The van der Waals surface area contributed by atoms with Crippen LogP contribution in [-0.2, 0) is 0 Å². The minimum absolute atomic E-state index is 0.885. The molecule has 0 spiro atoms. The Bertz CT molecular complexity index is 50.1. The summed E-state index contributed by atoms with van der Waals surface area (Å²) in [5.41, 5.74) is 0. The van der Waals surface area contributed by atoms with Crippen molar-refractivity contribution >= 4 is 0 Å². The fourth-order valence-electron chi connectivity index (χ4n) is 0.312. The number of hydrogen-bond donors (Lipinski definition) is 0. The van der Waals surface area contributed by atoms with Crippen LogP contribution in [0.15, 0.2) is 12.7 Å². The zero-order valence-electron chi connectivity index (χ0n) is 4.85. The van der Waals surface area contributed by atoms with Gasteiger partial charge < -0.3 is 0 Å². The van der Waals surface area contributed by atoms with E-state index < -0.39 is 0 Å². The van der Waals surface area contributed by atoms with Crippen molar-refractivity contribution in [1.82, 2.24) is 4.90 Å². The first kappa shape index (κ1) is 6.70. The van der Waals surface area contributed by atoms with Gasteiger partial charge in [-0.25, -0.2) is 0 Å². The van der Waals surface area contributed by atoms with Crippen LogP contribution in [0.2, 0.25) is 0 Å². The van der Waals surface area contributed by atoms with Gasteiger partial charge in [-0.05, 0) is 6.54 Å². The Morgan fingerprint density at radius 3 is 2.43 bits per heavy atom. The number of rotatable bonds is 3. The lowest BCUT2D eigenvalue weighted by Gasteiger charge is -2.07. The Hall–Kier alpha value is -0.300. The smallest absolute Gasteiger partial charge is 0.0161 e. The Kier molecular flexibility index (Phi) is 3.71. The zero-order chi connectivity index (χ0) is 5.70. The quantitative estimate of drug-likeness (QED) is 0.481. The third-order valence-electron chi connectivity index (χ3n) is 0.835. The monoisotopic (exact) mass is 98.1 g/mol. The molecule has 0 rings (SSSR count). The van der Waals surface area contributed by atoms with Gasteiger partial charge >= 0.3 is 0 Å². The van der Waals surface area contributed by atoms with Crippen molar-refractivity contribution in [2.45, 2.75) is 6.92 Å². The molecule has 0 unspecified atom stereocenters. The van der Waals surface area contributed by atoms with Gasteiger partial charge in [-0.3, -0.25) is 4.90 Å². The maximum absolute atomic E-state index is 3.71. The van der Waals surface area contributed by atoms with E-state index in [2.05, 4.69) is 20.6 Å². The van der Waals surface area contributed by atoms with Gasteiger partial charge in [-0.15, -0.1) is 6.58 Å². The summed E-state index contributed by atoms with van der Waals surface area (Å²) >= 11 is 0. The topological polar surface area (TPSA) is 3.24 Å². The molecule has 0 bridgehead atoms. The molecule has 1 radical (unpaired) electrons. The first-order chi connectivity index (χ1) is 3.31. The van der Waals surface area contributed by atoms with Crippen LogP contribution in [0.3, 0.4) is 0 Å². The van der Waals surface area contributed by atoms with Crippen LogP contribution in [0.4, 0.5) is 0 Å². The van der Waals surface area contributed by atoms with Crippen molar-refractivity contribution in [2.75, 3.05) is 13.1 Å². The van der Waals surface area contributed by atoms with E-state index in [0.717, 1.165) is 13.1 Å². The molecule has 0 N–H and O–H groups in total. The largest absolute Gasteiger partial charge is 0.299 e. The molecule has 0 aromatic rings. The zero-order valence-corrected chi connectivity index (χ0v) is 4.85. The summed E-state index contributed by atoms with van der Waals surface area (Å²) < 4.78 is 0. The molecular formula is C6H12N. The molecule has 0 saturated carbocycles. The van der Waals surface area contributed by atoms with Crippen LogP contribution in [0.5, 0.6) is 0 Å². The van der Waals surface area contributed by atoms with Gasteiger partial charge in [0.25, 0.3) is 0 Å². The molecule has 41 valence electrons. The Labute approximate surface area is 45.6 Å². The molecule has 0 aliphatic rings. The van der Waals surface area contributed by atoms with E-state index in [1.54, 1.807) is 0 Å². The molecule has 0 amide bonds. The molecule has 0 aromatic carbocycles. The lowest BCUT2D eigenvalue weighted by atomic mass is 10.5. The summed E-state index contributed by atoms with van der Waals surface area (Å²) in [4.78, 5) is 1.94. The molecule has 0 heterocycles. The van der Waals surface area contributed by atoms with Crippen molar-refractivity contribution in [3.63, 3.8) is 0 Å². The van der Waals surface area contributed by atoms with Gasteiger partial charge in [0.05, 0.1) is 0 Å². The highest BCUT2D eigenvalue weighted by Gasteiger charge is 1.84. The summed E-state index contributed by atoms with van der Waals surface area (Å²) in [6.07, 6.45) is 1.84. The molecule has 0 saturated heterocycles. The molecule has 7 heavy (non-hydrogen) atoms. The summed E-state index contributed by atoms with van der Waals surface area (Å²) in [7, 11) is 3.71.